The highest BCUT2D eigenvalue weighted by atomic mass is 32.1. The van der Waals surface area contributed by atoms with Crippen molar-refractivity contribution in [3.63, 3.8) is 0 Å². The normalized spacial score (nSPS) is 23.8. The number of aryl methyl sites for hydroxylation is 1. The summed E-state index contributed by atoms with van der Waals surface area (Å²) >= 11 is 5.91. The Labute approximate surface area is 220 Å². The summed E-state index contributed by atoms with van der Waals surface area (Å²) in [7, 11) is 0. The van der Waals surface area contributed by atoms with E-state index in [1.165, 1.54) is 17.0 Å². The van der Waals surface area contributed by atoms with E-state index in [1.807, 2.05) is 12.3 Å². The maximum Gasteiger partial charge on any atom is 0.170 e. The quantitative estimate of drug-likeness (QED) is 0.515. The lowest BCUT2D eigenvalue weighted by Gasteiger charge is -2.32. The predicted octanol–water partition coefficient (Wildman–Crippen LogP) is 2.53. The molecule has 0 radical (unpaired) electrons. The second-order valence-electron chi connectivity index (χ2n) is 10.1. The lowest BCUT2D eigenvalue weighted by molar-refractivity contribution is 0.0350. The van der Waals surface area contributed by atoms with E-state index in [4.69, 9.17) is 26.7 Å². The molecule has 2 aromatic heterocycles. The molecule has 5 heterocycles. The summed E-state index contributed by atoms with van der Waals surface area (Å²) in [6, 6.07) is 8.68. The predicted molar refractivity (Wildman–Crippen MR) is 145 cm³/mol. The standard InChI is InChI=1S/C27H40N6O2S/c1-21-20-23(22(2)32(21)9-5-8-30-12-16-34-17-13-30)26-25(24-6-3-4-7-28-24)29-27(36)33(26)11-10-31-14-18-35-19-15-31/h3-4,6-7,20,25-26H,5,8-19H2,1-2H3,(H,29,36). The third-order valence-electron chi connectivity index (χ3n) is 7.85. The van der Waals surface area contributed by atoms with Crippen LogP contribution < -0.4 is 5.32 Å². The molecular formula is C27H40N6O2S. The number of pyridine rings is 1. The summed E-state index contributed by atoms with van der Waals surface area (Å²) in [6.45, 7) is 15.9. The van der Waals surface area contributed by atoms with Crippen molar-refractivity contribution < 1.29 is 9.47 Å². The van der Waals surface area contributed by atoms with E-state index in [0.29, 0.717) is 0 Å². The molecule has 5 rings (SSSR count). The van der Waals surface area contributed by atoms with Crippen molar-refractivity contribution in [2.75, 3.05) is 72.2 Å². The number of ether oxygens (including phenoxy) is 2. The minimum atomic E-state index is 0.0330. The molecule has 0 saturated carbocycles. The first-order chi connectivity index (χ1) is 17.6. The van der Waals surface area contributed by atoms with Crippen molar-refractivity contribution in [2.24, 2.45) is 0 Å². The van der Waals surface area contributed by atoms with Gasteiger partial charge in [-0.15, -0.1) is 0 Å². The van der Waals surface area contributed by atoms with Crippen LogP contribution in [-0.4, -0.2) is 102 Å². The molecule has 2 unspecified atom stereocenters. The van der Waals surface area contributed by atoms with Crippen molar-refractivity contribution in [3.05, 3.63) is 53.1 Å². The minimum absolute atomic E-state index is 0.0330. The Bertz CT molecular complexity index is 1000. The smallest absolute Gasteiger partial charge is 0.170 e. The number of hydrogen-bond acceptors (Lipinski definition) is 6. The Morgan fingerprint density at radius 3 is 2.31 bits per heavy atom. The summed E-state index contributed by atoms with van der Waals surface area (Å²) in [6.07, 6.45) is 3.02. The van der Waals surface area contributed by atoms with Crippen LogP contribution in [0.3, 0.4) is 0 Å². The number of nitrogens with zero attached hydrogens (tertiary/aromatic N) is 5. The number of morpholine rings is 2. The van der Waals surface area contributed by atoms with Crippen LogP contribution >= 0.6 is 12.2 Å². The summed E-state index contributed by atoms with van der Waals surface area (Å²) in [5, 5.41) is 4.44. The zero-order valence-electron chi connectivity index (χ0n) is 21.7. The summed E-state index contributed by atoms with van der Waals surface area (Å²) in [5.41, 5.74) is 5.04. The van der Waals surface area contributed by atoms with E-state index in [2.05, 4.69) is 56.6 Å². The van der Waals surface area contributed by atoms with Gasteiger partial charge in [0.05, 0.1) is 44.2 Å². The van der Waals surface area contributed by atoms with Gasteiger partial charge in [0.15, 0.2) is 5.11 Å². The van der Waals surface area contributed by atoms with Gasteiger partial charge in [-0.25, -0.2) is 0 Å². The highest BCUT2D eigenvalue weighted by Crippen LogP contribution is 2.40. The van der Waals surface area contributed by atoms with Crippen LogP contribution in [-0.2, 0) is 16.0 Å². The molecule has 2 aromatic rings. The van der Waals surface area contributed by atoms with Crippen LogP contribution in [0.2, 0.25) is 0 Å². The van der Waals surface area contributed by atoms with Gasteiger partial charge in [0.1, 0.15) is 0 Å². The van der Waals surface area contributed by atoms with Crippen molar-refractivity contribution in [2.45, 2.75) is 38.9 Å². The molecule has 3 fully saturated rings. The van der Waals surface area contributed by atoms with Gasteiger partial charge in [-0.3, -0.25) is 14.8 Å². The molecule has 8 nitrogen and oxygen atoms in total. The molecule has 0 aromatic carbocycles. The molecule has 3 saturated heterocycles. The van der Waals surface area contributed by atoms with Gasteiger partial charge in [0.25, 0.3) is 0 Å². The molecule has 3 aliphatic heterocycles. The van der Waals surface area contributed by atoms with Crippen LogP contribution in [0.4, 0.5) is 0 Å². The van der Waals surface area contributed by atoms with Gasteiger partial charge in [-0.2, -0.15) is 0 Å². The van der Waals surface area contributed by atoms with Crippen LogP contribution in [0.1, 0.15) is 41.1 Å². The lowest BCUT2D eigenvalue weighted by Crippen LogP contribution is -2.42. The van der Waals surface area contributed by atoms with E-state index in [9.17, 15) is 0 Å². The third kappa shape index (κ3) is 5.75. The first-order valence-corrected chi connectivity index (χ1v) is 13.8. The van der Waals surface area contributed by atoms with Crippen LogP contribution in [0.25, 0.3) is 0 Å². The molecule has 0 amide bonds. The second-order valence-corrected chi connectivity index (χ2v) is 10.4. The number of aromatic nitrogens is 2. The highest BCUT2D eigenvalue weighted by Gasteiger charge is 2.41. The molecule has 0 spiro atoms. The van der Waals surface area contributed by atoms with Crippen LogP contribution in [0.15, 0.2) is 30.5 Å². The SMILES string of the molecule is Cc1cc(C2C(c3ccccn3)NC(=S)N2CCN2CCOCC2)c(C)n1CCCN1CCOCC1. The first-order valence-electron chi connectivity index (χ1n) is 13.4. The van der Waals surface area contributed by atoms with E-state index in [0.717, 1.165) is 96.0 Å². The second kappa shape index (κ2) is 12.0. The third-order valence-corrected chi connectivity index (χ3v) is 8.20. The Morgan fingerprint density at radius 2 is 1.64 bits per heavy atom. The fraction of sp³-hybridized carbons (Fsp3) is 0.630. The Hall–Kier alpha value is -2.04. The number of nitrogens with one attached hydrogen (secondary N) is 1. The van der Waals surface area contributed by atoms with Gasteiger partial charge in [-0.05, 0) is 56.2 Å². The molecule has 1 N–H and O–H groups in total. The zero-order chi connectivity index (χ0) is 24.9. The number of thiocarbonyl (C=S) groups is 1. The maximum atomic E-state index is 5.91. The van der Waals surface area contributed by atoms with Gasteiger partial charge < -0.3 is 24.3 Å². The first kappa shape index (κ1) is 25.6. The zero-order valence-corrected chi connectivity index (χ0v) is 22.5. The average molecular weight is 513 g/mol. The average Bonchev–Trinajstić information content (AvgIpc) is 3.39. The maximum absolute atomic E-state index is 5.91. The topological polar surface area (TPSA) is 58.0 Å². The monoisotopic (exact) mass is 512 g/mol. The van der Waals surface area contributed by atoms with Crippen molar-refractivity contribution in [3.8, 4) is 0 Å². The molecule has 0 bridgehead atoms. The molecule has 36 heavy (non-hydrogen) atoms. The van der Waals surface area contributed by atoms with Crippen molar-refractivity contribution in [1.82, 2.24) is 29.6 Å². The van der Waals surface area contributed by atoms with Crippen LogP contribution in [0.5, 0.6) is 0 Å². The van der Waals surface area contributed by atoms with E-state index in [-0.39, 0.29) is 12.1 Å². The molecule has 196 valence electrons. The van der Waals surface area contributed by atoms with Crippen molar-refractivity contribution in [1.29, 1.82) is 0 Å². The summed E-state index contributed by atoms with van der Waals surface area (Å²) in [5.74, 6) is 0. The van der Waals surface area contributed by atoms with Gasteiger partial charge >= 0.3 is 0 Å². The number of hydrogen-bond donors (Lipinski definition) is 1. The molecule has 3 aliphatic rings. The fourth-order valence-corrected chi connectivity index (χ4v) is 6.14. The Balaban J connectivity index is 1.36. The van der Waals surface area contributed by atoms with Gasteiger partial charge in [0, 0.05) is 69.9 Å². The summed E-state index contributed by atoms with van der Waals surface area (Å²) < 4.78 is 13.5. The Kier molecular flexibility index (Phi) is 8.54. The number of rotatable bonds is 9. The largest absolute Gasteiger partial charge is 0.379 e. The van der Waals surface area contributed by atoms with Crippen molar-refractivity contribution >= 4 is 17.3 Å². The molecular weight excluding hydrogens is 472 g/mol. The van der Waals surface area contributed by atoms with E-state index >= 15 is 0 Å². The lowest BCUT2D eigenvalue weighted by atomic mass is 9.96. The van der Waals surface area contributed by atoms with Gasteiger partial charge in [-0.1, -0.05) is 6.07 Å². The van der Waals surface area contributed by atoms with Gasteiger partial charge in [0.2, 0.25) is 0 Å². The van der Waals surface area contributed by atoms with E-state index < -0.39 is 0 Å². The molecule has 0 aliphatic carbocycles. The summed E-state index contributed by atoms with van der Waals surface area (Å²) in [4.78, 5) is 12.1. The van der Waals surface area contributed by atoms with Crippen LogP contribution in [0, 0.1) is 13.8 Å². The van der Waals surface area contributed by atoms with E-state index in [1.54, 1.807) is 0 Å². The fourth-order valence-electron chi connectivity index (χ4n) is 5.81. The minimum Gasteiger partial charge on any atom is -0.379 e. The molecule has 9 heteroatoms. The molecule has 2 atom stereocenters. The Morgan fingerprint density at radius 1 is 0.944 bits per heavy atom. The highest BCUT2D eigenvalue weighted by molar-refractivity contribution is 7.80.